The Balaban J connectivity index is 2.43. The third kappa shape index (κ3) is 2.54. The number of carbonyl (C=O) groups excluding carboxylic acids is 1. The summed E-state index contributed by atoms with van der Waals surface area (Å²) < 4.78 is 1.52. The van der Waals surface area contributed by atoms with Crippen LogP contribution in [0.4, 0.5) is 0 Å². The number of benzene rings is 1. The van der Waals surface area contributed by atoms with Crippen molar-refractivity contribution in [1.82, 2.24) is 9.55 Å². The Hall–Kier alpha value is -2.43. The van der Waals surface area contributed by atoms with Crippen molar-refractivity contribution in [3.05, 3.63) is 63.3 Å². The number of amides is 1. The summed E-state index contributed by atoms with van der Waals surface area (Å²) in [7, 11) is 0. The standard InChI is InChI=1S/C14H15N3O2/c1-9-10(2)12(14(15)19)4-3-11(9)7-17-8-16-6-5-13(17)18/h3-6,8H,7H2,1-2H3,(H2,15,19). The molecule has 1 aromatic heterocycles. The molecule has 0 saturated heterocycles. The first kappa shape index (κ1) is 13.0. The van der Waals surface area contributed by atoms with Gasteiger partial charge in [0.15, 0.2) is 0 Å². The molecule has 0 aliphatic carbocycles. The monoisotopic (exact) mass is 257 g/mol. The molecule has 0 atom stereocenters. The first-order valence-electron chi connectivity index (χ1n) is 5.90. The highest BCUT2D eigenvalue weighted by Gasteiger charge is 2.10. The van der Waals surface area contributed by atoms with E-state index in [-0.39, 0.29) is 5.56 Å². The molecule has 0 unspecified atom stereocenters. The molecule has 2 N–H and O–H groups in total. The summed E-state index contributed by atoms with van der Waals surface area (Å²) in [6.45, 7) is 4.20. The van der Waals surface area contributed by atoms with Gasteiger partial charge in [0.05, 0.1) is 12.9 Å². The van der Waals surface area contributed by atoms with Gasteiger partial charge in [-0.05, 0) is 36.6 Å². The second kappa shape index (κ2) is 5.06. The van der Waals surface area contributed by atoms with Crippen molar-refractivity contribution in [1.29, 1.82) is 0 Å². The Morgan fingerprint density at radius 3 is 2.63 bits per heavy atom. The van der Waals surface area contributed by atoms with Crippen LogP contribution in [0.15, 0.2) is 35.5 Å². The van der Waals surface area contributed by atoms with Crippen LogP contribution in [0, 0.1) is 13.8 Å². The van der Waals surface area contributed by atoms with Crippen LogP contribution >= 0.6 is 0 Å². The summed E-state index contributed by atoms with van der Waals surface area (Å²) in [5.74, 6) is -0.439. The van der Waals surface area contributed by atoms with Crippen LogP contribution in [0.2, 0.25) is 0 Å². The fourth-order valence-electron chi connectivity index (χ4n) is 2.00. The highest BCUT2D eigenvalue weighted by Crippen LogP contribution is 2.18. The van der Waals surface area contributed by atoms with E-state index >= 15 is 0 Å². The van der Waals surface area contributed by atoms with E-state index in [9.17, 15) is 9.59 Å². The molecule has 0 aliphatic heterocycles. The SMILES string of the molecule is Cc1c(Cn2cnccc2=O)ccc(C(N)=O)c1C. The minimum absolute atomic E-state index is 0.106. The molecular weight excluding hydrogens is 242 g/mol. The zero-order chi connectivity index (χ0) is 14.0. The van der Waals surface area contributed by atoms with Crippen molar-refractivity contribution in [2.45, 2.75) is 20.4 Å². The highest BCUT2D eigenvalue weighted by molar-refractivity contribution is 5.94. The molecule has 0 aliphatic rings. The lowest BCUT2D eigenvalue weighted by Gasteiger charge is -2.12. The van der Waals surface area contributed by atoms with Crippen molar-refractivity contribution in [3.63, 3.8) is 0 Å². The maximum atomic E-state index is 11.6. The molecule has 2 aromatic rings. The predicted octanol–water partition coefficient (Wildman–Crippen LogP) is 1.01. The van der Waals surface area contributed by atoms with E-state index in [0.29, 0.717) is 12.1 Å². The van der Waals surface area contributed by atoms with Gasteiger partial charge in [-0.2, -0.15) is 0 Å². The molecule has 1 aromatic carbocycles. The summed E-state index contributed by atoms with van der Waals surface area (Å²) in [6.07, 6.45) is 2.96. The van der Waals surface area contributed by atoms with Crippen LogP contribution < -0.4 is 11.3 Å². The minimum Gasteiger partial charge on any atom is -0.366 e. The lowest BCUT2D eigenvalue weighted by Crippen LogP contribution is -2.20. The van der Waals surface area contributed by atoms with E-state index in [4.69, 9.17) is 5.73 Å². The Labute approximate surface area is 110 Å². The summed E-state index contributed by atoms with van der Waals surface area (Å²) in [5, 5.41) is 0. The molecule has 0 fully saturated rings. The van der Waals surface area contributed by atoms with Crippen molar-refractivity contribution >= 4 is 5.91 Å². The summed E-state index contributed by atoms with van der Waals surface area (Å²) in [4.78, 5) is 26.8. The first-order valence-corrected chi connectivity index (χ1v) is 5.90. The molecule has 0 bridgehead atoms. The molecule has 19 heavy (non-hydrogen) atoms. The molecule has 0 saturated carbocycles. The van der Waals surface area contributed by atoms with Crippen LogP contribution in [0.3, 0.4) is 0 Å². The normalized spacial score (nSPS) is 10.4. The number of rotatable bonds is 3. The topological polar surface area (TPSA) is 78.0 Å². The number of primary amides is 1. The molecule has 98 valence electrons. The molecule has 1 heterocycles. The fourth-order valence-corrected chi connectivity index (χ4v) is 2.00. The zero-order valence-corrected chi connectivity index (χ0v) is 10.9. The van der Waals surface area contributed by atoms with Gasteiger partial charge in [-0.1, -0.05) is 6.07 Å². The second-order valence-electron chi connectivity index (χ2n) is 4.43. The lowest BCUT2D eigenvalue weighted by molar-refractivity contribution is 0.0999. The van der Waals surface area contributed by atoms with E-state index in [1.165, 1.54) is 23.2 Å². The Kier molecular flexibility index (Phi) is 3.46. The molecular formula is C14H15N3O2. The van der Waals surface area contributed by atoms with Gasteiger partial charge in [-0.3, -0.25) is 14.2 Å². The number of aromatic nitrogens is 2. The number of nitrogens with two attached hydrogens (primary N) is 1. The van der Waals surface area contributed by atoms with Gasteiger partial charge >= 0.3 is 0 Å². The predicted molar refractivity (Wildman–Crippen MR) is 72.0 cm³/mol. The highest BCUT2D eigenvalue weighted by atomic mass is 16.1. The van der Waals surface area contributed by atoms with E-state index < -0.39 is 5.91 Å². The van der Waals surface area contributed by atoms with Crippen molar-refractivity contribution in [2.75, 3.05) is 0 Å². The van der Waals surface area contributed by atoms with Crippen molar-refractivity contribution < 1.29 is 4.79 Å². The fraction of sp³-hybridized carbons (Fsp3) is 0.214. The van der Waals surface area contributed by atoms with Crippen LogP contribution in [0.5, 0.6) is 0 Å². The van der Waals surface area contributed by atoms with E-state index in [0.717, 1.165) is 16.7 Å². The van der Waals surface area contributed by atoms with Gasteiger partial charge in [0, 0.05) is 17.8 Å². The average Bonchev–Trinajstić information content (AvgIpc) is 2.37. The maximum absolute atomic E-state index is 11.6. The third-order valence-electron chi connectivity index (χ3n) is 3.30. The van der Waals surface area contributed by atoms with E-state index in [1.54, 1.807) is 6.07 Å². The Bertz CT molecular complexity index is 689. The Morgan fingerprint density at radius 1 is 1.26 bits per heavy atom. The van der Waals surface area contributed by atoms with Crippen LogP contribution in [0.25, 0.3) is 0 Å². The summed E-state index contributed by atoms with van der Waals surface area (Å²) in [5.41, 5.74) is 8.50. The Morgan fingerprint density at radius 2 is 2.00 bits per heavy atom. The second-order valence-corrected chi connectivity index (χ2v) is 4.43. The van der Waals surface area contributed by atoms with Crippen LogP contribution in [-0.2, 0) is 6.54 Å². The quantitative estimate of drug-likeness (QED) is 0.891. The smallest absolute Gasteiger partial charge is 0.253 e. The van der Waals surface area contributed by atoms with E-state index in [2.05, 4.69) is 4.98 Å². The average molecular weight is 257 g/mol. The van der Waals surface area contributed by atoms with Gasteiger partial charge in [0.2, 0.25) is 5.91 Å². The van der Waals surface area contributed by atoms with Crippen LogP contribution in [0.1, 0.15) is 27.0 Å². The summed E-state index contributed by atoms with van der Waals surface area (Å²) >= 11 is 0. The van der Waals surface area contributed by atoms with Gasteiger partial charge in [-0.25, -0.2) is 4.98 Å². The molecule has 0 radical (unpaired) electrons. The molecule has 1 amide bonds. The maximum Gasteiger partial charge on any atom is 0.253 e. The first-order chi connectivity index (χ1) is 9.00. The molecule has 2 rings (SSSR count). The van der Waals surface area contributed by atoms with Crippen molar-refractivity contribution in [2.24, 2.45) is 5.73 Å². The molecule has 5 heteroatoms. The number of nitrogens with zero attached hydrogens (tertiary/aromatic N) is 2. The van der Waals surface area contributed by atoms with Gasteiger partial charge in [0.25, 0.3) is 5.56 Å². The largest absolute Gasteiger partial charge is 0.366 e. The van der Waals surface area contributed by atoms with E-state index in [1.807, 2.05) is 19.9 Å². The van der Waals surface area contributed by atoms with Crippen molar-refractivity contribution in [3.8, 4) is 0 Å². The van der Waals surface area contributed by atoms with Gasteiger partial charge < -0.3 is 5.73 Å². The zero-order valence-electron chi connectivity index (χ0n) is 10.9. The van der Waals surface area contributed by atoms with Crippen LogP contribution in [-0.4, -0.2) is 15.5 Å². The summed E-state index contributed by atoms with van der Waals surface area (Å²) in [6, 6.07) is 4.93. The number of hydrogen-bond acceptors (Lipinski definition) is 3. The molecule has 0 spiro atoms. The number of hydrogen-bond donors (Lipinski definition) is 1. The molecule has 5 nitrogen and oxygen atoms in total. The number of carbonyl (C=O) groups is 1. The lowest BCUT2D eigenvalue weighted by atomic mass is 9.97. The van der Waals surface area contributed by atoms with Gasteiger partial charge in [0.1, 0.15) is 0 Å². The third-order valence-corrected chi connectivity index (χ3v) is 3.30. The van der Waals surface area contributed by atoms with Gasteiger partial charge in [-0.15, -0.1) is 0 Å². The minimum atomic E-state index is -0.439.